The third-order valence-corrected chi connectivity index (χ3v) is 3.79. The summed E-state index contributed by atoms with van der Waals surface area (Å²) in [7, 11) is 0. The number of nitro benzene ring substituents is 1. The topological polar surface area (TPSA) is 107 Å². The number of non-ortho nitro benzene ring substituents is 1. The Morgan fingerprint density at radius 3 is 2.63 bits per heavy atom. The Kier molecular flexibility index (Phi) is 5.58. The summed E-state index contributed by atoms with van der Waals surface area (Å²) < 4.78 is 6.56. The number of rotatable bonds is 7. The molecule has 2 aromatic carbocycles. The highest BCUT2D eigenvalue weighted by Gasteiger charge is 2.12. The molecule has 0 radical (unpaired) electrons. The Labute approximate surface area is 154 Å². The lowest BCUT2D eigenvalue weighted by molar-refractivity contribution is -0.384. The Bertz CT molecular complexity index is 988. The normalized spacial score (nSPS) is 11.7. The quantitative estimate of drug-likeness (QED) is 0.507. The minimum atomic E-state index is -1.01. The predicted molar refractivity (Wildman–Crippen MR) is 98.5 cm³/mol. The van der Waals surface area contributed by atoms with Crippen molar-refractivity contribution >= 4 is 5.69 Å². The molecule has 0 unspecified atom stereocenters. The number of ether oxygens (including phenoxy) is 1. The molecule has 8 heteroatoms. The van der Waals surface area contributed by atoms with Crippen LogP contribution in [0.15, 0.2) is 71.5 Å². The van der Waals surface area contributed by atoms with Crippen LogP contribution in [-0.4, -0.2) is 32.5 Å². The molecule has 0 aliphatic heterocycles. The molecule has 0 saturated carbocycles. The zero-order valence-corrected chi connectivity index (χ0v) is 14.3. The molecule has 1 aromatic heterocycles. The van der Waals surface area contributed by atoms with Gasteiger partial charge in [0.05, 0.1) is 23.2 Å². The molecule has 0 aliphatic rings. The second-order valence-electron chi connectivity index (χ2n) is 5.82. The summed E-state index contributed by atoms with van der Waals surface area (Å²) in [5, 5.41) is 25.2. The molecule has 0 aliphatic carbocycles. The maximum atomic E-state index is 12.0. The summed E-state index contributed by atoms with van der Waals surface area (Å²) in [5.41, 5.74) is 1.02. The fourth-order valence-electron chi connectivity index (χ4n) is 2.47. The van der Waals surface area contributed by atoms with Crippen LogP contribution in [0.2, 0.25) is 0 Å². The summed E-state index contributed by atoms with van der Waals surface area (Å²) in [6.07, 6.45) is -1.01. The zero-order chi connectivity index (χ0) is 19.2. The van der Waals surface area contributed by atoms with Crippen LogP contribution in [-0.2, 0) is 6.54 Å². The molecule has 0 spiro atoms. The van der Waals surface area contributed by atoms with E-state index >= 15 is 0 Å². The predicted octanol–water partition coefficient (Wildman–Crippen LogP) is 2.26. The average Bonchev–Trinajstić information content (AvgIpc) is 2.69. The first-order chi connectivity index (χ1) is 13.0. The van der Waals surface area contributed by atoms with Gasteiger partial charge in [0.25, 0.3) is 11.2 Å². The highest BCUT2D eigenvalue weighted by molar-refractivity contribution is 5.57. The van der Waals surface area contributed by atoms with Gasteiger partial charge in [0.1, 0.15) is 18.5 Å². The van der Waals surface area contributed by atoms with E-state index in [0.29, 0.717) is 5.69 Å². The molecule has 1 atom stereocenters. The summed E-state index contributed by atoms with van der Waals surface area (Å²) in [5.74, 6) is 0.265. The van der Waals surface area contributed by atoms with E-state index in [0.717, 1.165) is 5.56 Å². The fraction of sp³-hybridized carbons (Fsp3) is 0.158. The number of aliphatic hydroxyl groups is 1. The smallest absolute Gasteiger partial charge is 0.273 e. The van der Waals surface area contributed by atoms with Gasteiger partial charge in [-0.25, -0.2) is 4.68 Å². The molecule has 1 N–H and O–H groups in total. The lowest BCUT2D eigenvalue weighted by Crippen LogP contribution is -2.31. The van der Waals surface area contributed by atoms with Gasteiger partial charge in [0, 0.05) is 17.7 Å². The van der Waals surface area contributed by atoms with Gasteiger partial charge in [-0.1, -0.05) is 36.4 Å². The van der Waals surface area contributed by atoms with Crippen molar-refractivity contribution in [3.8, 4) is 17.0 Å². The first kappa shape index (κ1) is 18.3. The van der Waals surface area contributed by atoms with Crippen molar-refractivity contribution in [1.29, 1.82) is 0 Å². The van der Waals surface area contributed by atoms with Crippen LogP contribution < -0.4 is 10.3 Å². The number of nitrogens with zero attached hydrogens (tertiary/aromatic N) is 3. The van der Waals surface area contributed by atoms with E-state index in [9.17, 15) is 20.0 Å². The standard InChI is InChI=1S/C19H17N3O5/c23-16(13-27-17-8-4-7-15(11-17)22(25)26)12-21-19(24)10-9-18(20-21)14-5-2-1-3-6-14/h1-11,16,23H,12-13H2/t16-/m0/s1. The third-order valence-electron chi connectivity index (χ3n) is 3.79. The number of hydrogen-bond donors (Lipinski definition) is 1. The Morgan fingerprint density at radius 2 is 1.89 bits per heavy atom. The Morgan fingerprint density at radius 1 is 1.11 bits per heavy atom. The second-order valence-corrected chi connectivity index (χ2v) is 5.82. The third kappa shape index (κ3) is 4.77. The molecule has 8 nitrogen and oxygen atoms in total. The van der Waals surface area contributed by atoms with Crippen LogP contribution in [0.4, 0.5) is 5.69 Å². The molecule has 0 amide bonds. The number of hydrogen-bond acceptors (Lipinski definition) is 6. The lowest BCUT2D eigenvalue weighted by Gasteiger charge is -2.14. The summed E-state index contributed by atoms with van der Waals surface area (Å²) in [6, 6.07) is 18.1. The average molecular weight is 367 g/mol. The van der Waals surface area contributed by atoms with Gasteiger partial charge in [-0.15, -0.1) is 0 Å². The number of benzene rings is 2. The Hall–Kier alpha value is -3.52. The molecule has 3 rings (SSSR count). The van der Waals surface area contributed by atoms with Crippen molar-refractivity contribution in [3.05, 3.63) is 87.2 Å². The highest BCUT2D eigenvalue weighted by Crippen LogP contribution is 2.19. The maximum absolute atomic E-state index is 12.0. The van der Waals surface area contributed by atoms with E-state index < -0.39 is 11.0 Å². The van der Waals surface area contributed by atoms with Crippen molar-refractivity contribution < 1.29 is 14.8 Å². The monoisotopic (exact) mass is 367 g/mol. The lowest BCUT2D eigenvalue weighted by atomic mass is 10.1. The molecular weight excluding hydrogens is 350 g/mol. The van der Waals surface area contributed by atoms with E-state index in [1.165, 1.54) is 28.9 Å². The van der Waals surface area contributed by atoms with E-state index in [2.05, 4.69) is 5.10 Å². The van der Waals surface area contributed by atoms with Crippen molar-refractivity contribution in [3.63, 3.8) is 0 Å². The molecular formula is C19H17N3O5. The van der Waals surface area contributed by atoms with Crippen molar-refractivity contribution in [2.45, 2.75) is 12.6 Å². The molecule has 0 saturated heterocycles. The molecule has 1 heterocycles. The Balaban J connectivity index is 1.67. The number of aromatic nitrogens is 2. The van der Waals surface area contributed by atoms with E-state index in [1.807, 2.05) is 30.3 Å². The van der Waals surface area contributed by atoms with Crippen LogP contribution in [0.25, 0.3) is 11.3 Å². The van der Waals surface area contributed by atoms with E-state index in [-0.39, 0.29) is 30.1 Å². The number of nitro groups is 1. The SMILES string of the molecule is O=c1ccc(-c2ccccc2)nn1C[C@H](O)COc1cccc([N+](=O)[O-])c1. The fourth-order valence-corrected chi connectivity index (χ4v) is 2.47. The van der Waals surface area contributed by atoms with Crippen LogP contribution in [0.1, 0.15) is 0 Å². The molecule has 0 fully saturated rings. The van der Waals surface area contributed by atoms with Gasteiger partial charge in [-0.2, -0.15) is 5.10 Å². The molecule has 138 valence electrons. The molecule has 3 aromatic rings. The minimum absolute atomic E-state index is 0.0611. The van der Waals surface area contributed by atoms with Crippen LogP contribution in [0, 0.1) is 10.1 Å². The summed E-state index contributed by atoms with van der Waals surface area (Å²) in [6.45, 7) is -0.195. The first-order valence-corrected chi connectivity index (χ1v) is 8.22. The molecule has 27 heavy (non-hydrogen) atoms. The second kappa shape index (κ2) is 8.24. The van der Waals surface area contributed by atoms with Crippen molar-refractivity contribution in [2.75, 3.05) is 6.61 Å². The van der Waals surface area contributed by atoms with Crippen LogP contribution in [0.5, 0.6) is 5.75 Å². The van der Waals surface area contributed by atoms with Crippen molar-refractivity contribution in [2.24, 2.45) is 0 Å². The minimum Gasteiger partial charge on any atom is -0.491 e. The van der Waals surface area contributed by atoms with Gasteiger partial charge in [0.2, 0.25) is 0 Å². The largest absolute Gasteiger partial charge is 0.491 e. The zero-order valence-electron chi connectivity index (χ0n) is 14.3. The van der Waals surface area contributed by atoms with E-state index in [4.69, 9.17) is 4.74 Å². The maximum Gasteiger partial charge on any atom is 0.273 e. The summed E-state index contributed by atoms with van der Waals surface area (Å²) in [4.78, 5) is 22.3. The summed E-state index contributed by atoms with van der Waals surface area (Å²) >= 11 is 0. The molecule has 0 bridgehead atoms. The van der Waals surface area contributed by atoms with Crippen LogP contribution >= 0.6 is 0 Å². The van der Waals surface area contributed by atoms with Gasteiger partial charge in [-0.05, 0) is 12.1 Å². The van der Waals surface area contributed by atoms with Gasteiger partial charge < -0.3 is 9.84 Å². The van der Waals surface area contributed by atoms with Gasteiger partial charge >= 0.3 is 0 Å². The van der Waals surface area contributed by atoms with Gasteiger partial charge in [0.15, 0.2) is 0 Å². The number of aliphatic hydroxyl groups excluding tert-OH is 1. The van der Waals surface area contributed by atoms with Crippen LogP contribution in [0.3, 0.4) is 0 Å². The highest BCUT2D eigenvalue weighted by atomic mass is 16.6. The first-order valence-electron chi connectivity index (χ1n) is 8.22. The van der Waals surface area contributed by atoms with E-state index in [1.54, 1.807) is 12.1 Å². The van der Waals surface area contributed by atoms with Gasteiger partial charge in [-0.3, -0.25) is 14.9 Å². The van der Waals surface area contributed by atoms with Crippen molar-refractivity contribution in [1.82, 2.24) is 9.78 Å².